The molecule has 2 saturated carbocycles. The zero-order valence-electron chi connectivity index (χ0n) is 9.56. The van der Waals surface area contributed by atoms with Crippen LogP contribution in [0, 0.1) is 0 Å². The maximum Gasteiger partial charge on any atom is 0.279 e. The number of rotatable bonds is 7. The van der Waals surface area contributed by atoms with Crippen molar-refractivity contribution >= 4 is 10.2 Å². The first kappa shape index (κ1) is 12.3. The van der Waals surface area contributed by atoms with Gasteiger partial charge in [-0.3, -0.25) is 0 Å². The van der Waals surface area contributed by atoms with Crippen molar-refractivity contribution in [3.63, 3.8) is 0 Å². The molecule has 2 aliphatic rings. The van der Waals surface area contributed by atoms with Gasteiger partial charge in [0.25, 0.3) is 10.2 Å². The van der Waals surface area contributed by atoms with E-state index in [0.29, 0.717) is 13.1 Å². The van der Waals surface area contributed by atoms with Crippen molar-refractivity contribution in [1.29, 1.82) is 0 Å². The van der Waals surface area contributed by atoms with Crippen molar-refractivity contribution < 1.29 is 8.42 Å². The van der Waals surface area contributed by atoms with Crippen LogP contribution in [-0.2, 0) is 10.2 Å². The molecule has 0 bridgehead atoms. The Balaban J connectivity index is 1.97. The summed E-state index contributed by atoms with van der Waals surface area (Å²) < 4.78 is 28.6. The molecule has 2 rings (SSSR count). The van der Waals surface area contributed by atoms with Gasteiger partial charge in [-0.25, -0.2) is 0 Å². The predicted octanol–water partition coefficient (Wildman–Crippen LogP) is 0.186. The molecule has 0 radical (unpaired) electrons. The Morgan fingerprint density at radius 3 is 2.38 bits per heavy atom. The molecule has 0 saturated heterocycles. The Hall–Kier alpha value is -0.170. The van der Waals surface area contributed by atoms with Crippen LogP contribution < -0.4 is 10.5 Å². The van der Waals surface area contributed by atoms with Crippen LogP contribution in [0.15, 0.2) is 0 Å². The second kappa shape index (κ2) is 5.00. The maximum atomic E-state index is 12.1. The summed E-state index contributed by atoms with van der Waals surface area (Å²) >= 11 is 0. The van der Waals surface area contributed by atoms with Crippen LogP contribution in [0.25, 0.3) is 0 Å². The number of hydrogen-bond donors (Lipinski definition) is 2. The third-order valence-electron chi connectivity index (χ3n) is 3.27. The molecule has 0 heterocycles. The molecule has 0 amide bonds. The summed E-state index contributed by atoms with van der Waals surface area (Å²) in [4.78, 5) is 0. The number of nitrogens with zero attached hydrogens (tertiary/aromatic N) is 1. The smallest absolute Gasteiger partial charge is 0.279 e. The van der Waals surface area contributed by atoms with E-state index >= 15 is 0 Å². The SMILES string of the molecule is NCCCN(C1CCC1)S(=O)(=O)NC1CC1. The molecule has 3 N–H and O–H groups in total. The highest BCUT2D eigenvalue weighted by molar-refractivity contribution is 7.87. The van der Waals surface area contributed by atoms with Crippen molar-refractivity contribution in [2.45, 2.75) is 50.6 Å². The van der Waals surface area contributed by atoms with Gasteiger partial charge >= 0.3 is 0 Å². The number of nitrogens with two attached hydrogens (primary N) is 1. The van der Waals surface area contributed by atoms with Crippen molar-refractivity contribution in [2.75, 3.05) is 13.1 Å². The highest BCUT2D eigenvalue weighted by Gasteiger charge is 2.36. The van der Waals surface area contributed by atoms with Crippen LogP contribution in [0.2, 0.25) is 0 Å². The fraction of sp³-hybridized carbons (Fsp3) is 1.00. The Morgan fingerprint density at radius 2 is 1.94 bits per heavy atom. The molecule has 5 nitrogen and oxygen atoms in total. The van der Waals surface area contributed by atoms with Gasteiger partial charge in [0.05, 0.1) is 0 Å². The van der Waals surface area contributed by atoms with Gasteiger partial charge in [-0.2, -0.15) is 17.4 Å². The summed E-state index contributed by atoms with van der Waals surface area (Å²) in [6.07, 6.45) is 5.83. The van der Waals surface area contributed by atoms with Gasteiger partial charge in [-0.05, 0) is 38.6 Å². The Kier molecular flexibility index (Phi) is 3.84. The fourth-order valence-corrected chi connectivity index (χ4v) is 3.67. The highest BCUT2D eigenvalue weighted by Crippen LogP contribution is 2.28. The molecular formula is C10H21N3O2S. The average molecular weight is 247 g/mol. The van der Waals surface area contributed by atoms with Gasteiger partial charge in [-0.15, -0.1) is 0 Å². The lowest BCUT2D eigenvalue weighted by Crippen LogP contribution is -2.50. The van der Waals surface area contributed by atoms with Crippen molar-refractivity contribution in [2.24, 2.45) is 5.73 Å². The summed E-state index contributed by atoms with van der Waals surface area (Å²) in [5.74, 6) is 0. The lowest BCUT2D eigenvalue weighted by molar-refractivity contribution is 0.216. The summed E-state index contributed by atoms with van der Waals surface area (Å²) in [6, 6.07) is 0.397. The fourth-order valence-electron chi connectivity index (χ4n) is 1.90. The second-order valence-corrected chi connectivity index (χ2v) is 6.39. The van der Waals surface area contributed by atoms with E-state index in [2.05, 4.69) is 4.72 Å². The largest absolute Gasteiger partial charge is 0.330 e. The monoisotopic (exact) mass is 247 g/mol. The summed E-state index contributed by atoms with van der Waals surface area (Å²) in [5.41, 5.74) is 5.45. The molecule has 16 heavy (non-hydrogen) atoms. The second-order valence-electron chi connectivity index (χ2n) is 4.73. The van der Waals surface area contributed by atoms with Crippen molar-refractivity contribution in [1.82, 2.24) is 9.03 Å². The van der Waals surface area contributed by atoms with Crippen molar-refractivity contribution in [3.8, 4) is 0 Å². The summed E-state index contributed by atoms with van der Waals surface area (Å²) in [7, 11) is -3.26. The normalized spacial score (nSPS) is 22.4. The zero-order valence-corrected chi connectivity index (χ0v) is 10.4. The summed E-state index contributed by atoms with van der Waals surface area (Å²) in [6.45, 7) is 1.10. The van der Waals surface area contributed by atoms with Gasteiger partial charge in [0, 0.05) is 18.6 Å². The topological polar surface area (TPSA) is 75.4 Å². The zero-order chi connectivity index (χ0) is 11.6. The van der Waals surface area contributed by atoms with Gasteiger partial charge in [0.1, 0.15) is 0 Å². The molecule has 0 aromatic heterocycles. The Bertz CT molecular complexity index is 323. The first-order valence-electron chi connectivity index (χ1n) is 6.12. The van der Waals surface area contributed by atoms with Crippen LogP contribution in [0.5, 0.6) is 0 Å². The molecule has 0 unspecified atom stereocenters. The minimum Gasteiger partial charge on any atom is -0.330 e. The molecule has 2 fully saturated rings. The van der Waals surface area contributed by atoms with E-state index in [4.69, 9.17) is 5.73 Å². The van der Waals surface area contributed by atoms with Crippen LogP contribution in [-0.4, -0.2) is 37.9 Å². The van der Waals surface area contributed by atoms with Crippen LogP contribution in [0.3, 0.4) is 0 Å². The standard InChI is InChI=1S/C10H21N3O2S/c11-7-2-8-13(10-3-1-4-10)16(14,15)12-9-5-6-9/h9-10,12H,1-8,11H2. The van der Waals surface area contributed by atoms with E-state index in [-0.39, 0.29) is 12.1 Å². The quantitative estimate of drug-likeness (QED) is 0.674. The molecule has 0 aromatic carbocycles. The van der Waals surface area contributed by atoms with E-state index in [1.807, 2.05) is 0 Å². The Morgan fingerprint density at radius 1 is 1.25 bits per heavy atom. The minimum atomic E-state index is -3.26. The van der Waals surface area contributed by atoms with Crippen molar-refractivity contribution in [3.05, 3.63) is 0 Å². The van der Waals surface area contributed by atoms with Gasteiger partial charge in [0.2, 0.25) is 0 Å². The number of nitrogens with one attached hydrogen (secondary N) is 1. The Labute approximate surface area is 97.6 Å². The van der Waals surface area contributed by atoms with Crippen LogP contribution in [0.4, 0.5) is 0 Å². The van der Waals surface area contributed by atoms with Gasteiger partial charge in [0.15, 0.2) is 0 Å². The molecule has 6 heteroatoms. The van der Waals surface area contributed by atoms with E-state index in [9.17, 15) is 8.42 Å². The molecule has 0 aliphatic heterocycles. The molecule has 2 aliphatic carbocycles. The highest BCUT2D eigenvalue weighted by atomic mass is 32.2. The first-order chi connectivity index (χ1) is 7.63. The molecule has 94 valence electrons. The lowest BCUT2D eigenvalue weighted by atomic mass is 9.93. The van der Waals surface area contributed by atoms with E-state index < -0.39 is 10.2 Å². The maximum absolute atomic E-state index is 12.1. The molecule has 0 atom stereocenters. The average Bonchev–Trinajstić information content (AvgIpc) is 2.91. The minimum absolute atomic E-state index is 0.186. The van der Waals surface area contributed by atoms with Gasteiger partial charge < -0.3 is 5.73 Å². The van der Waals surface area contributed by atoms with Crippen LogP contribution >= 0.6 is 0 Å². The van der Waals surface area contributed by atoms with Crippen LogP contribution in [0.1, 0.15) is 38.5 Å². The predicted molar refractivity (Wildman–Crippen MR) is 63.1 cm³/mol. The lowest BCUT2D eigenvalue weighted by Gasteiger charge is -2.36. The van der Waals surface area contributed by atoms with E-state index in [0.717, 1.165) is 38.5 Å². The third-order valence-corrected chi connectivity index (χ3v) is 5.00. The molecular weight excluding hydrogens is 226 g/mol. The summed E-state index contributed by atoms with van der Waals surface area (Å²) in [5, 5.41) is 0. The molecule has 0 spiro atoms. The number of hydrogen-bond acceptors (Lipinski definition) is 3. The first-order valence-corrected chi connectivity index (χ1v) is 7.56. The van der Waals surface area contributed by atoms with Gasteiger partial charge in [-0.1, -0.05) is 6.42 Å². The van der Waals surface area contributed by atoms with E-state index in [1.54, 1.807) is 4.31 Å². The molecule has 0 aromatic rings. The third kappa shape index (κ3) is 2.94. The van der Waals surface area contributed by atoms with E-state index in [1.165, 1.54) is 0 Å².